The van der Waals surface area contributed by atoms with Crippen LogP contribution in [0.3, 0.4) is 0 Å². The van der Waals surface area contributed by atoms with E-state index in [1.54, 1.807) is 11.3 Å². The number of ether oxygens (including phenoxy) is 1. The molecule has 0 aliphatic carbocycles. The van der Waals surface area contributed by atoms with Crippen LogP contribution in [0.1, 0.15) is 50.4 Å². The summed E-state index contributed by atoms with van der Waals surface area (Å²) in [7, 11) is 0. The van der Waals surface area contributed by atoms with Gasteiger partial charge in [0.1, 0.15) is 19.1 Å². The van der Waals surface area contributed by atoms with Gasteiger partial charge in [-0.1, -0.05) is 22.7 Å². The summed E-state index contributed by atoms with van der Waals surface area (Å²) >= 11 is 0. The van der Waals surface area contributed by atoms with Gasteiger partial charge in [-0.05, 0) is 37.9 Å². The quantitative estimate of drug-likeness (QED) is 0.715. The van der Waals surface area contributed by atoms with Crippen molar-refractivity contribution >= 4 is 18.0 Å². The second kappa shape index (κ2) is 5.69. The Hall–Kier alpha value is -3.14. The number of fused-ring (bicyclic) bond motifs is 6. The molecule has 1 saturated heterocycles. The van der Waals surface area contributed by atoms with Crippen LogP contribution in [-0.2, 0) is 4.74 Å². The third kappa shape index (κ3) is 2.45. The summed E-state index contributed by atoms with van der Waals surface area (Å²) in [6.45, 7) is 4.22. The number of anilines is 2. The van der Waals surface area contributed by atoms with Gasteiger partial charge in [-0.15, -0.1) is 0 Å². The zero-order valence-corrected chi connectivity index (χ0v) is 16.1. The van der Waals surface area contributed by atoms with Crippen molar-refractivity contribution in [3.8, 4) is 0 Å². The molecule has 1 fully saturated rings. The first-order valence-corrected chi connectivity index (χ1v) is 9.64. The highest BCUT2D eigenvalue weighted by Gasteiger charge is 2.45. The van der Waals surface area contributed by atoms with Crippen molar-refractivity contribution in [2.45, 2.75) is 44.6 Å². The van der Waals surface area contributed by atoms with Gasteiger partial charge in [0.15, 0.2) is 12.0 Å². The Bertz CT molecular complexity index is 1040. The third-order valence-electron chi connectivity index (χ3n) is 5.71. The van der Waals surface area contributed by atoms with Crippen molar-refractivity contribution in [3.63, 3.8) is 0 Å². The van der Waals surface area contributed by atoms with Crippen LogP contribution in [0, 0.1) is 0 Å². The van der Waals surface area contributed by atoms with Crippen LogP contribution in [0.2, 0.25) is 0 Å². The van der Waals surface area contributed by atoms with Gasteiger partial charge in [0.25, 0.3) is 11.8 Å². The highest BCUT2D eigenvalue weighted by Crippen LogP contribution is 2.46. The minimum atomic E-state index is -0.316. The predicted molar refractivity (Wildman–Crippen MR) is 102 cm³/mol. The molecule has 10 heteroatoms. The van der Waals surface area contributed by atoms with Crippen LogP contribution >= 0.6 is 0 Å². The van der Waals surface area contributed by atoms with Crippen molar-refractivity contribution in [2.24, 2.45) is 4.99 Å². The fourth-order valence-corrected chi connectivity index (χ4v) is 4.34. The monoisotopic (exact) mass is 397 g/mol. The molecular weight excluding hydrogens is 377 g/mol. The SMILES string of the molecule is CC1(C)CCC(c2nc(N3C=NC4c5ccccc5N5CN(F)C=C5N43)no2)O1. The van der Waals surface area contributed by atoms with E-state index in [-0.39, 0.29) is 24.5 Å². The van der Waals surface area contributed by atoms with E-state index in [0.717, 1.165) is 24.1 Å². The first kappa shape index (κ1) is 16.8. The predicted octanol–water partition coefficient (Wildman–Crippen LogP) is 3.24. The van der Waals surface area contributed by atoms with E-state index < -0.39 is 0 Å². The van der Waals surface area contributed by atoms with Gasteiger partial charge in [0.05, 0.1) is 17.5 Å². The van der Waals surface area contributed by atoms with Gasteiger partial charge in [-0.2, -0.15) is 10.1 Å². The molecule has 5 heterocycles. The lowest BCUT2D eigenvalue weighted by Crippen LogP contribution is -2.47. The van der Waals surface area contributed by atoms with E-state index in [0.29, 0.717) is 22.8 Å². The molecule has 1 aromatic carbocycles. The van der Waals surface area contributed by atoms with Gasteiger partial charge in [-0.3, -0.25) is 0 Å². The maximum atomic E-state index is 14.2. The van der Waals surface area contributed by atoms with Gasteiger partial charge in [0, 0.05) is 5.56 Å². The van der Waals surface area contributed by atoms with Gasteiger partial charge in [-0.25, -0.2) is 15.0 Å². The molecule has 6 rings (SSSR count). The van der Waals surface area contributed by atoms with Crippen molar-refractivity contribution < 1.29 is 13.7 Å². The molecule has 9 nitrogen and oxygen atoms in total. The summed E-state index contributed by atoms with van der Waals surface area (Å²) in [5.74, 6) is 1.46. The largest absolute Gasteiger partial charge is 0.362 e. The number of benzene rings is 1. The molecule has 2 unspecified atom stereocenters. The molecule has 150 valence electrons. The number of rotatable bonds is 2. The van der Waals surface area contributed by atoms with Crippen LogP contribution in [-0.4, -0.2) is 38.9 Å². The molecule has 2 aromatic rings. The molecule has 0 N–H and O–H groups in total. The minimum Gasteiger partial charge on any atom is -0.362 e. The summed E-state index contributed by atoms with van der Waals surface area (Å²) < 4.78 is 25.7. The first-order chi connectivity index (χ1) is 14.0. The molecule has 29 heavy (non-hydrogen) atoms. The number of hydrogen-bond acceptors (Lipinski definition) is 9. The Labute approximate surface area is 166 Å². The van der Waals surface area contributed by atoms with Gasteiger partial charge in [0.2, 0.25) is 0 Å². The summed E-state index contributed by atoms with van der Waals surface area (Å²) in [5.41, 5.74) is 1.73. The van der Waals surface area contributed by atoms with Crippen molar-refractivity contribution in [1.29, 1.82) is 0 Å². The summed E-state index contributed by atoms with van der Waals surface area (Å²) in [6, 6.07) is 7.88. The molecule has 0 radical (unpaired) electrons. The smallest absolute Gasteiger partial charge is 0.290 e. The number of aromatic nitrogens is 2. The van der Waals surface area contributed by atoms with Crippen LogP contribution in [0.5, 0.6) is 0 Å². The molecule has 0 bridgehead atoms. The van der Waals surface area contributed by atoms with Crippen molar-refractivity contribution in [1.82, 2.24) is 20.3 Å². The first-order valence-electron chi connectivity index (χ1n) is 9.64. The highest BCUT2D eigenvalue weighted by molar-refractivity contribution is 5.80. The van der Waals surface area contributed by atoms with Crippen LogP contribution in [0.25, 0.3) is 0 Å². The summed E-state index contributed by atoms with van der Waals surface area (Å²) in [4.78, 5) is 11.1. The summed E-state index contributed by atoms with van der Waals surface area (Å²) in [6.07, 6.45) is 4.34. The molecule has 0 saturated carbocycles. The number of hydrazine groups is 1. The molecular formula is C19H20FN7O2. The standard InChI is InChI=1S/C19H20FN7O2/c1-19(2)8-7-14(28-19)17-22-18(23-29-17)26-10-21-16-12-5-3-4-6-13(12)25-11-24(20)9-15(25)27(16)26/h3-6,9-10,14,16H,7-8,11H2,1-2H3. The Balaban J connectivity index is 1.36. The van der Waals surface area contributed by atoms with Crippen molar-refractivity contribution in [3.05, 3.63) is 47.7 Å². The van der Waals surface area contributed by atoms with E-state index in [1.165, 1.54) is 6.20 Å². The fraction of sp³-hybridized carbons (Fsp3) is 0.421. The molecule has 4 aliphatic heterocycles. The Morgan fingerprint density at radius 2 is 2.10 bits per heavy atom. The second-order valence-electron chi connectivity index (χ2n) is 8.18. The molecule has 4 aliphatic rings. The summed E-state index contributed by atoms with van der Waals surface area (Å²) in [5, 5.41) is 8.37. The normalized spacial score (nSPS) is 26.7. The number of hydrogen-bond donors (Lipinski definition) is 0. The number of para-hydroxylation sites is 1. The van der Waals surface area contributed by atoms with E-state index in [9.17, 15) is 4.48 Å². The lowest BCUT2D eigenvalue weighted by Gasteiger charge is -2.41. The maximum absolute atomic E-state index is 14.2. The van der Waals surface area contributed by atoms with Crippen LogP contribution < -0.4 is 9.91 Å². The third-order valence-corrected chi connectivity index (χ3v) is 5.71. The Kier molecular flexibility index (Phi) is 3.29. The van der Waals surface area contributed by atoms with E-state index in [2.05, 4.69) is 29.0 Å². The topological polar surface area (TPSA) is 73.5 Å². The number of nitrogens with zero attached hydrogens (tertiary/aromatic N) is 7. The fourth-order valence-electron chi connectivity index (χ4n) is 4.34. The molecule has 0 amide bonds. The lowest BCUT2D eigenvalue weighted by molar-refractivity contribution is -0.0292. The van der Waals surface area contributed by atoms with Crippen LogP contribution in [0.4, 0.5) is 16.1 Å². The number of aliphatic imine (C=N–C) groups is 1. The van der Waals surface area contributed by atoms with Crippen LogP contribution in [0.15, 0.2) is 45.8 Å². The van der Waals surface area contributed by atoms with E-state index in [4.69, 9.17) is 9.26 Å². The molecule has 1 aromatic heterocycles. The van der Waals surface area contributed by atoms with Gasteiger partial charge < -0.3 is 14.2 Å². The Morgan fingerprint density at radius 3 is 2.93 bits per heavy atom. The molecule has 0 spiro atoms. The van der Waals surface area contributed by atoms with E-state index >= 15 is 0 Å². The maximum Gasteiger partial charge on any atom is 0.290 e. The van der Waals surface area contributed by atoms with Gasteiger partial charge >= 0.3 is 0 Å². The zero-order valence-electron chi connectivity index (χ0n) is 16.1. The van der Waals surface area contributed by atoms with Crippen molar-refractivity contribution in [2.75, 3.05) is 16.6 Å². The average Bonchev–Trinajstić information content (AvgIpc) is 3.45. The lowest BCUT2D eigenvalue weighted by atomic mass is 10.1. The minimum absolute atomic E-state index is 0.117. The average molecular weight is 397 g/mol. The highest BCUT2D eigenvalue weighted by atomic mass is 19.2. The molecule has 2 atom stereocenters. The number of halogens is 1. The zero-order chi connectivity index (χ0) is 19.8. The Morgan fingerprint density at radius 1 is 1.24 bits per heavy atom. The second-order valence-corrected chi connectivity index (χ2v) is 8.18. The van der Waals surface area contributed by atoms with E-state index in [1.807, 2.05) is 34.2 Å².